The van der Waals surface area contributed by atoms with E-state index < -0.39 is 6.10 Å². The van der Waals surface area contributed by atoms with Crippen LogP contribution < -0.4 is 10.1 Å². The highest BCUT2D eigenvalue weighted by Gasteiger charge is 2.16. The quantitative estimate of drug-likeness (QED) is 0.733. The van der Waals surface area contributed by atoms with Crippen LogP contribution >= 0.6 is 0 Å². The van der Waals surface area contributed by atoms with Crippen LogP contribution in [0.2, 0.25) is 0 Å². The maximum Gasteiger partial charge on any atom is 0.260 e. The molecule has 2 rings (SSSR count). The Labute approximate surface area is 155 Å². The molecule has 1 amide bonds. The number of ether oxygens (including phenoxy) is 1. The van der Waals surface area contributed by atoms with Crippen molar-refractivity contribution < 1.29 is 13.9 Å². The predicted octanol–water partition coefficient (Wildman–Crippen LogP) is 4.64. The number of halogens is 1. The summed E-state index contributed by atoms with van der Waals surface area (Å²) in [7, 11) is 0. The Kier molecular flexibility index (Phi) is 6.78. The van der Waals surface area contributed by atoms with Crippen molar-refractivity contribution in [3.05, 3.63) is 65.5 Å². The fourth-order valence-electron chi connectivity index (χ4n) is 2.59. The summed E-state index contributed by atoms with van der Waals surface area (Å²) in [6, 6.07) is 14.3. The summed E-state index contributed by atoms with van der Waals surface area (Å²) in [5, 5.41) is 2.88. The zero-order chi connectivity index (χ0) is 19.2. The average molecular weight is 357 g/mol. The second kappa shape index (κ2) is 8.84. The Morgan fingerprint density at radius 2 is 1.69 bits per heavy atom. The molecule has 0 spiro atoms. The van der Waals surface area contributed by atoms with Crippen molar-refractivity contribution >= 4 is 5.91 Å². The third-order valence-corrected chi connectivity index (χ3v) is 4.26. The van der Waals surface area contributed by atoms with Crippen molar-refractivity contribution in [2.45, 2.75) is 52.1 Å². The fourth-order valence-corrected chi connectivity index (χ4v) is 2.59. The summed E-state index contributed by atoms with van der Waals surface area (Å²) >= 11 is 0. The smallest absolute Gasteiger partial charge is 0.260 e. The fraction of sp³-hybridized carbons (Fsp3) is 0.409. The van der Waals surface area contributed by atoms with Crippen LogP contribution in [0, 0.1) is 5.82 Å². The minimum Gasteiger partial charge on any atom is -0.481 e. The molecule has 0 bridgehead atoms. The van der Waals surface area contributed by atoms with Gasteiger partial charge in [-0.2, -0.15) is 0 Å². The molecule has 4 heteroatoms. The van der Waals surface area contributed by atoms with Gasteiger partial charge in [0.2, 0.25) is 0 Å². The number of amides is 1. The van der Waals surface area contributed by atoms with Crippen LogP contribution in [0.3, 0.4) is 0 Å². The van der Waals surface area contributed by atoms with Crippen LogP contribution in [0.4, 0.5) is 4.39 Å². The Hall–Kier alpha value is -2.36. The van der Waals surface area contributed by atoms with Gasteiger partial charge in [-0.3, -0.25) is 4.79 Å². The van der Waals surface area contributed by atoms with Crippen molar-refractivity contribution in [2.75, 3.05) is 6.54 Å². The molecular weight excluding hydrogens is 329 g/mol. The van der Waals surface area contributed by atoms with Crippen molar-refractivity contribution in [2.24, 2.45) is 0 Å². The standard InChI is InChI=1S/C22H28FNO2/c1-16(26-20-13-9-18(10-14-20)22(2,3)4)21(25)24-15-5-6-17-7-11-19(23)12-8-17/h7-14,16H,5-6,15H2,1-4H3,(H,24,25)/t16-/m1/s1. The van der Waals surface area contributed by atoms with Crippen LogP contribution in [0.5, 0.6) is 5.75 Å². The van der Waals surface area contributed by atoms with Crippen LogP contribution in [0.25, 0.3) is 0 Å². The number of hydrogen-bond acceptors (Lipinski definition) is 2. The van der Waals surface area contributed by atoms with Crippen LogP contribution in [0.15, 0.2) is 48.5 Å². The first-order valence-corrected chi connectivity index (χ1v) is 9.05. The average Bonchev–Trinajstić information content (AvgIpc) is 2.59. The molecule has 3 nitrogen and oxygen atoms in total. The molecule has 0 fully saturated rings. The van der Waals surface area contributed by atoms with E-state index in [1.54, 1.807) is 19.1 Å². The second-order valence-corrected chi connectivity index (χ2v) is 7.56. The van der Waals surface area contributed by atoms with Gasteiger partial charge < -0.3 is 10.1 Å². The Bertz CT molecular complexity index is 702. The number of benzene rings is 2. The lowest BCUT2D eigenvalue weighted by molar-refractivity contribution is -0.127. The summed E-state index contributed by atoms with van der Waals surface area (Å²) in [6.07, 6.45) is 1.04. The summed E-state index contributed by atoms with van der Waals surface area (Å²) in [5.74, 6) is 0.319. The lowest BCUT2D eigenvalue weighted by Crippen LogP contribution is -2.36. The molecule has 1 atom stereocenters. The molecule has 0 saturated carbocycles. The van der Waals surface area contributed by atoms with E-state index in [9.17, 15) is 9.18 Å². The van der Waals surface area contributed by atoms with E-state index in [-0.39, 0.29) is 17.1 Å². The molecule has 26 heavy (non-hydrogen) atoms. The number of nitrogens with one attached hydrogen (secondary N) is 1. The Morgan fingerprint density at radius 3 is 2.27 bits per heavy atom. The normalized spacial score (nSPS) is 12.5. The predicted molar refractivity (Wildman–Crippen MR) is 103 cm³/mol. The lowest BCUT2D eigenvalue weighted by Gasteiger charge is -2.20. The van der Waals surface area contributed by atoms with E-state index >= 15 is 0 Å². The molecule has 0 heterocycles. The molecule has 0 unspecified atom stereocenters. The van der Waals surface area contributed by atoms with Gasteiger partial charge in [-0.1, -0.05) is 45.0 Å². The van der Waals surface area contributed by atoms with E-state index in [0.29, 0.717) is 12.3 Å². The van der Waals surface area contributed by atoms with E-state index in [2.05, 4.69) is 26.1 Å². The zero-order valence-electron chi connectivity index (χ0n) is 16.0. The summed E-state index contributed by atoms with van der Waals surface area (Å²) in [4.78, 5) is 12.1. The van der Waals surface area contributed by atoms with Crippen LogP contribution in [0.1, 0.15) is 45.2 Å². The number of carbonyl (C=O) groups is 1. The van der Waals surface area contributed by atoms with E-state index in [4.69, 9.17) is 4.74 Å². The molecule has 2 aromatic rings. The third-order valence-electron chi connectivity index (χ3n) is 4.26. The lowest BCUT2D eigenvalue weighted by atomic mass is 9.87. The maximum atomic E-state index is 12.9. The molecule has 0 aliphatic heterocycles. The van der Waals surface area contributed by atoms with Crippen molar-refractivity contribution in [1.82, 2.24) is 5.32 Å². The van der Waals surface area contributed by atoms with Crippen molar-refractivity contribution in [1.29, 1.82) is 0 Å². The van der Waals surface area contributed by atoms with Crippen molar-refractivity contribution in [3.63, 3.8) is 0 Å². The summed E-state index contributed by atoms with van der Waals surface area (Å²) in [5.41, 5.74) is 2.37. The molecule has 1 N–H and O–H groups in total. The molecule has 0 aliphatic carbocycles. The molecule has 2 aromatic carbocycles. The SMILES string of the molecule is C[C@@H](Oc1ccc(C(C)(C)C)cc1)C(=O)NCCCc1ccc(F)cc1. The first-order valence-electron chi connectivity index (χ1n) is 9.05. The summed E-state index contributed by atoms with van der Waals surface area (Å²) in [6.45, 7) is 8.78. The van der Waals surface area contributed by atoms with Crippen LogP contribution in [-0.2, 0) is 16.6 Å². The molecule has 0 saturated heterocycles. The highest BCUT2D eigenvalue weighted by Crippen LogP contribution is 2.24. The van der Waals surface area contributed by atoms with Crippen LogP contribution in [-0.4, -0.2) is 18.6 Å². The molecule has 140 valence electrons. The zero-order valence-corrected chi connectivity index (χ0v) is 16.0. The molecule has 0 aliphatic rings. The van der Waals surface area contributed by atoms with Gasteiger partial charge in [0, 0.05) is 6.54 Å². The monoisotopic (exact) mass is 357 g/mol. The topological polar surface area (TPSA) is 38.3 Å². The second-order valence-electron chi connectivity index (χ2n) is 7.56. The van der Waals surface area contributed by atoms with E-state index in [1.165, 1.54) is 17.7 Å². The Balaban J connectivity index is 1.74. The van der Waals surface area contributed by atoms with Gasteiger partial charge in [0.05, 0.1) is 0 Å². The number of hydrogen-bond donors (Lipinski definition) is 1. The van der Waals surface area contributed by atoms with Crippen molar-refractivity contribution in [3.8, 4) is 5.75 Å². The Morgan fingerprint density at radius 1 is 1.08 bits per heavy atom. The minimum atomic E-state index is -0.554. The molecule has 0 radical (unpaired) electrons. The van der Waals surface area contributed by atoms with Gasteiger partial charge in [-0.05, 0) is 60.6 Å². The van der Waals surface area contributed by atoms with E-state index in [1.807, 2.05) is 24.3 Å². The number of carbonyl (C=O) groups excluding carboxylic acids is 1. The summed E-state index contributed by atoms with van der Waals surface area (Å²) < 4.78 is 18.6. The maximum absolute atomic E-state index is 12.9. The number of aryl methyl sites for hydroxylation is 1. The van der Waals surface area contributed by atoms with Gasteiger partial charge in [0.1, 0.15) is 11.6 Å². The third kappa shape index (κ3) is 6.17. The molecular formula is C22H28FNO2. The largest absolute Gasteiger partial charge is 0.481 e. The first-order chi connectivity index (χ1) is 12.3. The highest BCUT2D eigenvalue weighted by atomic mass is 19.1. The molecule has 0 aromatic heterocycles. The van der Waals surface area contributed by atoms with Gasteiger partial charge in [-0.15, -0.1) is 0 Å². The first kappa shape index (κ1) is 20.0. The number of rotatable bonds is 7. The minimum absolute atomic E-state index is 0.0893. The highest BCUT2D eigenvalue weighted by molar-refractivity contribution is 5.80. The van der Waals surface area contributed by atoms with E-state index in [0.717, 1.165) is 18.4 Å². The van der Waals surface area contributed by atoms with Gasteiger partial charge in [0.15, 0.2) is 6.10 Å². The van der Waals surface area contributed by atoms with Gasteiger partial charge >= 0.3 is 0 Å². The van der Waals surface area contributed by atoms with Gasteiger partial charge in [0.25, 0.3) is 5.91 Å². The van der Waals surface area contributed by atoms with Gasteiger partial charge in [-0.25, -0.2) is 4.39 Å².